The summed E-state index contributed by atoms with van der Waals surface area (Å²) in [5.41, 5.74) is 3.78. The highest BCUT2D eigenvalue weighted by atomic mass is 32.2. The monoisotopic (exact) mass is 446 g/mol. The van der Waals surface area contributed by atoms with Gasteiger partial charge in [-0.1, -0.05) is 31.7 Å². The van der Waals surface area contributed by atoms with Gasteiger partial charge in [0, 0.05) is 12.6 Å². The Kier molecular flexibility index (Phi) is 6.53. The third-order valence-corrected chi connectivity index (χ3v) is 8.80. The highest BCUT2D eigenvalue weighted by Gasteiger charge is 2.52. The number of carbonyl (C=O) groups is 1. The van der Waals surface area contributed by atoms with Crippen molar-refractivity contribution in [3.8, 4) is 0 Å². The maximum Gasteiger partial charge on any atom is 0.416 e. The van der Waals surface area contributed by atoms with E-state index < -0.39 is 44.0 Å². The number of nitrogens with zero attached hydrogens (tertiary/aromatic N) is 1. The minimum atomic E-state index is -4.64. The summed E-state index contributed by atoms with van der Waals surface area (Å²) in [6.07, 6.45) is 1.75. The van der Waals surface area contributed by atoms with E-state index in [0.717, 1.165) is 50.7 Å². The van der Waals surface area contributed by atoms with Crippen molar-refractivity contribution in [2.24, 2.45) is 17.1 Å². The maximum absolute atomic E-state index is 13.4. The number of amides is 1. The standard InChI is InChI=1S/C21H29F3N2O3S/c1-20(19(25)27,15-8-3-2-4-9-15)18-12-5-6-13-26(18)30(28,29)17-11-7-10-16(14-17)21(22,23)24/h7,10-11,14-15,18H,2-6,8-9,12-13H2,1H3,(H2,25,27). The van der Waals surface area contributed by atoms with Gasteiger partial charge in [0.05, 0.1) is 15.9 Å². The quantitative estimate of drug-likeness (QED) is 0.731. The van der Waals surface area contributed by atoms with Crippen LogP contribution in [0.2, 0.25) is 0 Å². The largest absolute Gasteiger partial charge is 0.416 e. The number of piperidine rings is 1. The number of hydrogen-bond donors (Lipinski definition) is 1. The van der Waals surface area contributed by atoms with E-state index in [0.29, 0.717) is 18.9 Å². The van der Waals surface area contributed by atoms with Gasteiger partial charge in [0.15, 0.2) is 0 Å². The number of rotatable bonds is 5. The fourth-order valence-electron chi connectivity index (χ4n) is 5.10. The summed E-state index contributed by atoms with van der Waals surface area (Å²) in [7, 11) is -4.22. The van der Waals surface area contributed by atoms with E-state index in [2.05, 4.69) is 0 Å². The number of sulfonamides is 1. The van der Waals surface area contributed by atoms with Crippen molar-refractivity contribution in [2.75, 3.05) is 6.54 Å². The highest BCUT2D eigenvalue weighted by molar-refractivity contribution is 7.89. The predicted molar refractivity (Wildman–Crippen MR) is 107 cm³/mol. The van der Waals surface area contributed by atoms with E-state index in [1.807, 2.05) is 0 Å². The molecule has 5 nitrogen and oxygen atoms in total. The van der Waals surface area contributed by atoms with Gasteiger partial charge in [0.1, 0.15) is 0 Å². The molecule has 1 amide bonds. The Labute approximate surface area is 175 Å². The zero-order chi connectivity index (χ0) is 22.2. The molecule has 1 saturated heterocycles. The van der Waals surface area contributed by atoms with E-state index in [4.69, 9.17) is 5.73 Å². The molecule has 0 radical (unpaired) electrons. The SMILES string of the molecule is CC(C(N)=O)(C1CCCCC1)C1CCCCN1S(=O)(=O)c1cccc(C(F)(F)F)c1. The lowest BCUT2D eigenvalue weighted by atomic mass is 9.64. The first-order valence-corrected chi connectivity index (χ1v) is 11.9. The van der Waals surface area contributed by atoms with Gasteiger partial charge in [-0.05, 0) is 56.7 Å². The molecule has 0 aromatic heterocycles. The summed E-state index contributed by atoms with van der Waals surface area (Å²) < 4.78 is 67.5. The van der Waals surface area contributed by atoms with Gasteiger partial charge in [-0.25, -0.2) is 8.42 Å². The molecule has 1 aliphatic carbocycles. The molecule has 2 fully saturated rings. The first-order chi connectivity index (χ1) is 14.0. The van der Waals surface area contributed by atoms with Gasteiger partial charge in [-0.3, -0.25) is 4.79 Å². The number of nitrogens with two attached hydrogens (primary N) is 1. The van der Waals surface area contributed by atoms with E-state index in [1.54, 1.807) is 6.92 Å². The third-order valence-electron chi connectivity index (χ3n) is 6.90. The van der Waals surface area contributed by atoms with E-state index in [9.17, 15) is 26.4 Å². The van der Waals surface area contributed by atoms with Crippen LogP contribution >= 0.6 is 0 Å². The van der Waals surface area contributed by atoms with Gasteiger partial charge in [0.2, 0.25) is 15.9 Å². The third kappa shape index (κ3) is 4.23. The molecule has 1 aliphatic heterocycles. The summed E-state index contributed by atoms with van der Waals surface area (Å²) >= 11 is 0. The van der Waals surface area contributed by atoms with E-state index in [1.165, 1.54) is 10.4 Å². The van der Waals surface area contributed by atoms with Crippen molar-refractivity contribution in [2.45, 2.75) is 75.4 Å². The fraction of sp³-hybridized carbons (Fsp3) is 0.667. The van der Waals surface area contributed by atoms with E-state index >= 15 is 0 Å². The summed E-state index contributed by atoms with van der Waals surface area (Å²) in [4.78, 5) is 12.3. The van der Waals surface area contributed by atoms with Gasteiger partial charge in [0.25, 0.3) is 0 Å². The molecular formula is C21H29F3N2O3S. The second kappa shape index (κ2) is 8.49. The van der Waals surface area contributed by atoms with Crippen LogP contribution < -0.4 is 5.73 Å². The second-order valence-electron chi connectivity index (χ2n) is 8.63. The zero-order valence-electron chi connectivity index (χ0n) is 17.1. The smallest absolute Gasteiger partial charge is 0.369 e. The van der Waals surface area contributed by atoms with Crippen LogP contribution in [-0.4, -0.2) is 31.2 Å². The molecule has 2 unspecified atom stereocenters. The Morgan fingerprint density at radius 3 is 2.30 bits per heavy atom. The summed E-state index contributed by atoms with van der Waals surface area (Å²) in [6.45, 7) is 1.91. The predicted octanol–water partition coefficient (Wildman–Crippen LogP) is 4.32. The molecule has 9 heteroatoms. The average molecular weight is 447 g/mol. The van der Waals surface area contributed by atoms with Crippen LogP contribution in [0.1, 0.15) is 63.9 Å². The van der Waals surface area contributed by atoms with Crippen molar-refractivity contribution in [3.63, 3.8) is 0 Å². The molecule has 30 heavy (non-hydrogen) atoms. The van der Waals surface area contributed by atoms with Crippen LogP contribution in [0.3, 0.4) is 0 Å². The Morgan fingerprint density at radius 1 is 1.07 bits per heavy atom. The van der Waals surface area contributed by atoms with Crippen molar-refractivity contribution < 1.29 is 26.4 Å². The summed E-state index contributed by atoms with van der Waals surface area (Å²) in [6, 6.07) is 3.14. The minimum Gasteiger partial charge on any atom is -0.369 e. The Balaban J connectivity index is 2.03. The number of halogens is 3. The van der Waals surface area contributed by atoms with Crippen LogP contribution in [0, 0.1) is 11.3 Å². The Hall–Kier alpha value is -1.61. The van der Waals surface area contributed by atoms with Gasteiger partial charge >= 0.3 is 6.18 Å². The molecule has 0 spiro atoms. The molecule has 3 rings (SSSR count). The first-order valence-electron chi connectivity index (χ1n) is 10.5. The lowest BCUT2D eigenvalue weighted by Gasteiger charge is -2.48. The van der Waals surface area contributed by atoms with Gasteiger partial charge < -0.3 is 5.73 Å². The lowest BCUT2D eigenvalue weighted by molar-refractivity contribution is -0.137. The minimum absolute atomic E-state index is 0.0361. The number of hydrogen-bond acceptors (Lipinski definition) is 3. The van der Waals surface area contributed by atoms with Gasteiger partial charge in [-0.2, -0.15) is 17.5 Å². The normalized spacial score (nSPS) is 24.3. The van der Waals surface area contributed by atoms with E-state index in [-0.39, 0.29) is 12.5 Å². The van der Waals surface area contributed by atoms with Crippen molar-refractivity contribution in [1.82, 2.24) is 4.31 Å². The molecule has 1 heterocycles. The fourth-order valence-corrected chi connectivity index (χ4v) is 6.93. The van der Waals surface area contributed by atoms with Crippen LogP contribution in [0.5, 0.6) is 0 Å². The van der Waals surface area contributed by atoms with Crippen molar-refractivity contribution in [1.29, 1.82) is 0 Å². The molecule has 2 atom stereocenters. The molecular weight excluding hydrogens is 417 g/mol. The zero-order valence-corrected chi connectivity index (χ0v) is 17.9. The molecule has 1 aromatic rings. The molecule has 0 bridgehead atoms. The van der Waals surface area contributed by atoms with Crippen LogP contribution in [0.15, 0.2) is 29.2 Å². The molecule has 168 valence electrons. The Morgan fingerprint density at radius 2 is 1.70 bits per heavy atom. The van der Waals surface area contributed by atoms with Crippen molar-refractivity contribution >= 4 is 15.9 Å². The van der Waals surface area contributed by atoms with Crippen LogP contribution in [0.25, 0.3) is 0 Å². The average Bonchev–Trinajstić information content (AvgIpc) is 2.73. The van der Waals surface area contributed by atoms with Crippen LogP contribution in [0.4, 0.5) is 13.2 Å². The topological polar surface area (TPSA) is 80.5 Å². The number of benzene rings is 1. The first kappa shape index (κ1) is 23.1. The van der Waals surface area contributed by atoms with Crippen molar-refractivity contribution in [3.05, 3.63) is 29.8 Å². The number of carbonyl (C=O) groups excluding carboxylic acids is 1. The lowest BCUT2D eigenvalue weighted by Crippen LogP contribution is -2.59. The summed E-state index contributed by atoms with van der Waals surface area (Å²) in [5.74, 6) is -0.573. The number of primary amides is 1. The molecule has 1 saturated carbocycles. The number of alkyl halides is 3. The highest BCUT2D eigenvalue weighted by Crippen LogP contribution is 2.46. The summed E-state index contributed by atoms with van der Waals surface area (Å²) in [5, 5.41) is 0. The molecule has 2 N–H and O–H groups in total. The van der Waals surface area contributed by atoms with Crippen LogP contribution in [-0.2, 0) is 21.0 Å². The Bertz CT molecular complexity index is 882. The second-order valence-corrected chi connectivity index (χ2v) is 10.5. The maximum atomic E-state index is 13.4. The molecule has 1 aromatic carbocycles. The molecule has 2 aliphatic rings. The van der Waals surface area contributed by atoms with Gasteiger partial charge in [-0.15, -0.1) is 0 Å².